The number of benzene rings is 2. The molecule has 1 aliphatic heterocycles. The second kappa shape index (κ2) is 9.49. The molecule has 7 nitrogen and oxygen atoms in total. The average molecular weight is 433 g/mol. The topological polar surface area (TPSA) is 84.9 Å². The Morgan fingerprint density at radius 3 is 2.50 bits per heavy atom. The SMILES string of the molecule is COc1ccc(C)cc1N(CC(=O)NC[C@H]1CCCO1)S(=O)(=O)c1ccc(C)cc1. The van der Waals surface area contributed by atoms with Gasteiger partial charge in [-0.2, -0.15) is 0 Å². The summed E-state index contributed by atoms with van der Waals surface area (Å²) in [6.45, 7) is 4.44. The number of anilines is 1. The van der Waals surface area contributed by atoms with Crippen LogP contribution in [0.5, 0.6) is 5.75 Å². The molecule has 2 aromatic rings. The highest BCUT2D eigenvalue weighted by Crippen LogP contribution is 2.33. The van der Waals surface area contributed by atoms with E-state index in [-0.39, 0.29) is 17.5 Å². The number of hydrogen-bond acceptors (Lipinski definition) is 5. The Bertz CT molecular complexity index is 983. The molecule has 0 unspecified atom stereocenters. The lowest BCUT2D eigenvalue weighted by Crippen LogP contribution is -2.43. The van der Waals surface area contributed by atoms with E-state index in [0.29, 0.717) is 24.6 Å². The van der Waals surface area contributed by atoms with E-state index in [9.17, 15) is 13.2 Å². The molecule has 1 saturated heterocycles. The van der Waals surface area contributed by atoms with Crippen LogP contribution in [0, 0.1) is 13.8 Å². The van der Waals surface area contributed by atoms with Crippen LogP contribution in [0.1, 0.15) is 24.0 Å². The summed E-state index contributed by atoms with van der Waals surface area (Å²) in [5, 5.41) is 2.80. The first-order valence-electron chi connectivity index (χ1n) is 9.93. The lowest BCUT2D eigenvalue weighted by Gasteiger charge is -2.26. The number of sulfonamides is 1. The van der Waals surface area contributed by atoms with Crippen molar-refractivity contribution in [3.63, 3.8) is 0 Å². The van der Waals surface area contributed by atoms with Gasteiger partial charge in [0.05, 0.1) is 23.8 Å². The second-order valence-electron chi connectivity index (χ2n) is 7.44. The minimum absolute atomic E-state index is 0.0235. The van der Waals surface area contributed by atoms with Gasteiger partial charge >= 0.3 is 0 Å². The van der Waals surface area contributed by atoms with Gasteiger partial charge in [-0.3, -0.25) is 9.10 Å². The van der Waals surface area contributed by atoms with Crippen LogP contribution < -0.4 is 14.4 Å². The highest BCUT2D eigenvalue weighted by atomic mass is 32.2. The van der Waals surface area contributed by atoms with E-state index in [0.717, 1.165) is 28.3 Å². The third kappa shape index (κ3) is 5.12. The zero-order valence-corrected chi connectivity index (χ0v) is 18.4. The number of carbonyl (C=O) groups is 1. The first-order chi connectivity index (χ1) is 14.3. The number of methoxy groups -OCH3 is 1. The maximum absolute atomic E-state index is 13.5. The zero-order chi connectivity index (χ0) is 21.7. The molecule has 30 heavy (non-hydrogen) atoms. The molecule has 1 amide bonds. The van der Waals surface area contributed by atoms with Crippen LogP contribution in [-0.2, 0) is 19.6 Å². The van der Waals surface area contributed by atoms with Crippen molar-refractivity contribution in [1.29, 1.82) is 0 Å². The summed E-state index contributed by atoms with van der Waals surface area (Å²) in [7, 11) is -2.52. The van der Waals surface area contributed by atoms with Crippen LogP contribution in [-0.4, -0.2) is 47.2 Å². The number of aryl methyl sites for hydroxylation is 2. The van der Waals surface area contributed by atoms with Gasteiger partial charge in [-0.1, -0.05) is 23.8 Å². The maximum Gasteiger partial charge on any atom is 0.264 e. The lowest BCUT2D eigenvalue weighted by molar-refractivity contribution is -0.120. The summed E-state index contributed by atoms with van der Waals surface area (Å²) >= 11 is 0. The van der Waals surface area contributed by atoms with E-state index in [4.69, 9.17) is 9.47 Å². The van der Waals surface area contributed by atoms with Crippen LogP contribution in [0.4, 0.5) is 5.69 Å². The summed E-state index contributed by atoms with van der Waals surface area (Å²) in [5.74, 6) is -0.0204. The van der Waals surface area contributed by atoms with Crippen molar-refractivity contribution in [2.45, 2.75) is 37.7 Å². The van der Waals surface area contributed by atoms with Gasteiger partial charge in [-0.05, 0) is 56.5 Å². The molecule has 1 atom stereocenters. The van der Waals surface area contributed by atoms with Gasteiger partial charge in [0.2, 0.25) is 5.91 Å². The van der Waals surface area contributed by atoms with Crippen LogP contribution in [0.15, 0.2) is 47.4 Å². The van der Waals surface area contributed by atoms with Crippen molar-refractivity contribution in [3.05, 3.63) is 53.6 Å². The van der Waals surface area contributed by atoms with Gasteiger partial charge in [0.15, 0.2) is 0 Å². The fraction of sp³-hybridized carbons (Fsp3) is 0.409. The average Bonchev–Trinajstić information content (AvgIpc) is 3.24. The minimum Gasteiger partial charge on any atom is -0.495 e. The Balaban J connectivity index is 1.93. The van der Waals surface area contributed by atoms with Crippen molar-refractivity contribution >= 4 is 21.6 Å². The van der Waals surface area contributed by atoms with Crippen LogP contribution >= 0.6 is 0 Å². The molecule has 1 aliphatic rings. The number of nitrogens with zero attached hydrogens (tertiary/aromatic N) is 1. The largest absolute Gasteiger partial charge is 0.495 e. The molecule has 1 heterocycles. The fourth-order valence-corrected chi connectivity index (χ4v) is 4.77. The smallest absolute Gasteiger partial charge is 0.264 e. The quantitative estimate of drug-likeness (QED) is 0.693. The molecule has 0 aliphatic carbocycles. The van der Waals surface area contributed by atoms with Crippen molar-refractivity contribution in [2.24, 2.45) is 0 Å². The van der Waals surface area contributed by atoms with E-state index < -0.39 is 15.9 Å². The number of amides is 1. The molecule has 0 spiro atoms. The molecule has 1 N–H and O–H groups in total. The fourth-order valence-electron chi connectivity index (χ4n) is 3.35. The van der Waals surface area contributed by atoms with E-state index in [1.54, 1.807) is 36.4 Å². The summed E-state index contributed by atoms with van der Waals surface area (Å²) in [4.78, 5) is 12.8. The van der Waals surface area contributed by atoms with Crippen molar-refractivity contribution in [1.82, 2.24) is 5.32 Å². The number of hydrogen-bond donors (Lipinski definition) is 1. The Kier molecular flexibility index (Phi) is 6.99. The summed E-state index contributed by atoms with van der Waals surface area (Å²) in [6.07, 6.45) is 1.83. The molecular weight excluding hydrogens is 404 g/mol. The van der Waals surface area contributed by atoms with Crippen molar-refractivity contribution in [2.75, 3.05) is 31.1 Å². The van der Waals surface area contributed by atoms with E-state index in [1.165, 1.54) is 7.11 Å². The van der Waals surface area contributed by atoms with Crippen molar-refractivity contribution in [3.8, 4) is 5.75 Å². The van der Waals surface area contributed by atoms with E-state index in [1.807, 2.05) is 19.9 Å². The van der Waals surface area contributed by atoms with Gasteiger partial charge in [0.1, 0.15) is 12.3 Å². The van der Waals surface area contributed by atoms with Gasteiger partial charge in [-0.15, -0.1) is 0 Å². The molecule has 0 bridgehead atoms. The molecule has 3 rings (SSSR count). The summed E-state index contributed by atoms with van der Waals surface area (Å²) < 4.78 is 39.0. The standard InChI is InChI=1S/C22H28N2O5S/c1-16-6-9-19(10-7-16)30(26,27)24(20-13-17(2)8-11-21(20)28-3)15-22(25)23-14-18-5-4-12-29-18/h6-11,13,18H,4-5,12,14-15H2,1-3H3,(H,23,25)/t18-/m1/s1. The number of ether oxygens (including phenoxy) is 2. The maximum atomic E-state index is 13.5. The Hall–Kier alpha value is -2.58. The Morgan fingerprint density at radius 1 is 1.17 bits per heavy atom. The van der Waals surface area contributed by atoms with Gasteiger partial charge < -0.3 is 14.8 Å². The monoisotopic (exact) mass is 432 g/mol. The van der Waals surface area contributed by atoms with E-state index >= 15 is 0 Å². The first kappa shape index (κ1) is 22.1. The number of nitrogens with one attached hydrogen (secondary N) is 1. The highest BCUT2D eigenvalue weighted by Gasteiger charge is 2.30. The second-order valence-corrected chi connectivity index (χ2v) is 9.30. The Morgan fingerprint density at radius 2 is 1.87 bits per heavy atom. The molecular formula is C22H28N2O5S. The lowest BCUT2D eigenvalue weighted by atomic mass is 10.2. The molecule has 8 heteroatoms. The molecule has 0 aromatic heterocycles. The molecule has 1 fully saturated rings. The van der Waals surface area contributed by atoms with Crippen LogP contribution in [0.2, 0.25) is 0 Å². The predicted molar refractivity (Wildman–Crippen MR) is 115 cm³/mol. The summed E-state index contributed by atoms with van der Waals surface area (Å²) in [5.41, 5.74) is 2.13. The predicted octanol–water partition coefficient (Wildman–Crippen LogP) is 2.80. The first-order valence-corrected chi connectivity index (χ1v) is 11.4. The minimum atomic E-state index is -3.99. The van der Waals surface area contributed by atoms with Crippen LogP contribution in [0.25, 0.3) is 0 Å². The van der Waals surface area contributed by atoms with Gasteiger partial charge in [0.25, 0.3) is 10.0 Å². The normalized spacial score (nSPS) is 16.3. The highest BCUT2D eigenvalue weighted by molar-refractivity contribution is 7.92. The van der Waals surface area contributed by atoms with Crippen molar-refractivity contribution < 1.29 is 22.7 Å². The van der Waals surface area contributed by atoms with Crippen LogP contribution in [0.3, 0.4) is 0 Å². The van der Waals surface area contributed by atoms with Gasteiger partial charge in [0, 0.05) is 13.2 Å². The van der Waals surface area contributed by atoms with Gasteiger partial charge in [-0.25, -0.2) is 8.42 Å². The molecule has 0 radical (unpaired) electrons. The molecule has 2 aromatic carbocycles. The van der Waals surface area contributed by atoms with E-state index in [2.05, 4.69) is 5.32 Å². The molecule has 0 saturated carbocycles. The third-order valence-corrected chi connectivity index (χ3v) is 6.82. The summed E-state index contributed by atoms with van der Waals surface area (Å²) in [6, 6.07) is 11.8. The number of carbonyl (C=O) groups excluding carboxylic acids is 1. The zero-order valence-electron chi connectivity index (χ0n) is 17.6. The number of rotatable bonds is 8. The molecule has 162 valence electrons. The third-order valence-electron chi connectivity index (χ3n) is 5.05. The Labute approximate surface area is 178 Å².